The first-order valence-corrected chi connectivity index (χ1v) is 6.08. The van der Waals surface area contributed by atoms with Gasteiger partial charge in [-0.15, -0.1) is 0 Å². The lowest BCUT2D eigenvalue weighted by Crippen LogP contribution is -2.27. The normalized spacial score (nSPS) is 14.6. The highest BCUT2D eigenvalue weighted by atomic mass is 79.9. The number of halogens is 1. The Morgan fingerprint density at radius 3 is 2.38 bits per heavy atom. The van der Waals surface area contributed by atoms with E-state index in [1.807, 2.05) is 30.1 Å². The lowest BCUT2D eigenvalue weighted by Gasteiger charge is -2.22. The molecular formula is C12H18BrNO2. The fraction of sp³-hybridized carbons (Fsp3) is 0.500. The maximum Gasteiger partial charge on any atom is 0.0762 e. The third-order valence-corrected chi connectivity index (χ3v) is 3.04. The van der Waals surface area contributed by atoms with E-state index in [0.717, 1.165) is 15.7 Å². The topological polar surface area (TPSA) is 43.7 Å². The van der Waals surface area contributed by atoms with Gasteiger partial charge < -0.3 is 15.1 Å². The van der Waals surface area contributed by atoms with Crippen LogP contribution in [0.3, 0.4) is 0 Å². The number of anilines is 1. The number of aliphatic hydroxyl groups is 2. The summed E-state index contributed by atoms with van der Waals surface area (Å²) in [5, 5.41) is 18.8. The standard InChI is InChI=1S/C12H18BrNO2/c1-8(15)7-14(3)12-5-4-10(9(2)16)6-11(12)13/h4-6,8-9,15-16H,7H2,1-3H3/t8?,9-/m0/s1. The van der Waals surface area contributed by atoms with Gasteiger partial charge in [0.25, 0.3) is 0 Å². The molecule has 0 amide bonds. The van der Waals surface area contributed by atoms with Gasteiger partial charge in [0.1, 0.15) is 0 Å². The van der Waals surface area contributed by atoms with E-state index in [-0.39, 0.29) is 6.10 Å². The van der Waals surface area contributed by atoms with Crippen LogP contribution in [0.1, 0.15) is 25.5 Å². The Balaban J connectivity index is 2.90. The van der Waals surface area contributed by atoms with E-state index in [2.05, 4.69) is 15.9 Å². The lowest BCUT2D eigenvalue weighted by molar-refractivity contribution is 0.198. The number of nitrogens with zero attached hydrogens (tertiary/aromatic N) is 1. The monoisotopic (exact) mass is 287 g/mol. The van der Waals surface area contributed by atoms with Gasteiger partial charge >= 0.3 is 0 Å². The summed E-state index contributed by atoms with van der Waals surface area (Å²) >= 11 is 3.47. The van der Waals surface area contributed by atoms with Gasteiger partial charge in [0.15, 0.2) is 0 Å². The Hall–Kier alpha value is -0.580. The molecule has 2 N–H and O–H groups in total. The van der Waals surface area contributed by atoms with Crippen LogP contribution in [0.15, 0.2) is 22.7 Å². The van der Waals surface area contributed by atoms with Crippen molar-refractivity contribution in [3.63, 3.8) is 0 Å². The van der Waals surface area contributed by atoms with Crippen molar-refractivity contribution in [2.24, 2.45) is 0 Å². The molecule has 0 spiro atoms. The second-order valence-electron chi connectivity index (χ2n) is 4.12. The summed E-state index contributed by atoms with van der Waals surface area (Å²) in [6, 6.07) is 5.73. The van der Waals surface area contributed by atoms with Crippen molar-refractivity contribution < 1.29 is 10.2 Å². The Bertz CT molecular complexity index is 353. The van der Waals surface area contributed by atoms with Crippen LogP contribution < -0.4 is 4.90 Å². The maximum atomic E-state index is 9.45. The Morgan fingerprint density at radius 1 is 1.31 bits per heavy atom. The molecule has 3 nitrogen and oxygen atoms in total. The minimum absolute atomic E-state index is 0.367. The Labute approximate surface area is 105 Å². The van der Waals surface area contributed by atoms with E-state index in [4.69, 9.17) is 0 Å². The van der Waals surface area contributed by atoms with Crippen LogP contribution in [0.25, 0.3) is 0 Å². The van der Waals surface area contributed by atoms with E-state index in [0.29, 0.717) is 6.54 Å². The molecule has 0 fully saturated rings. The molecule has 0 heterocycles. The van der Waals surface area contributed by atoms with Crippen molar-refractivity contribution in [1.82, 2.24) is 0 Å². The SMILES string of the molecule is CC(O)CN(C)c1ccc([C@H](C)O)cc1Br. The molecule has 1 aromatic rings. The molecule has 1 aromatic carbocycles. The Kier molecular flexibility index (Phi) is 4.77. The first-order valence-electron chi connectivity index (χ1n) is 5.28. The molecule has 1 unspecified atom stereocenters. The third kappa shape index (κ3) is 3.47. The van der Waals surface area contributed by atoms with Gasteiger partial charge in [-0.2, -0.15) is 0 Å². The highest BCUT2D eigenvalue weighted by molar-refractivity contribution is 9.10. The summed E-state index contributed by atoms with van der Waals surface area (Å²) in [5.41, 5.74) is 1.88. The molecule has 1 rings (SSSR count). The first kappa shape index (κ1) is 13.5. The second-order valence-corrected chi connectivity index (χ2v) is 4.97. The van der Waals surface area contributed by atoms with Gasteiger partial charge in [0, 0.05) is 18.1 Å². The molecule has 0 aliphatic heterocycles. The summed E-state index contributed by atoms with van der Waals surface area (Å²) in [6.07, 6.45) is -0.833. The van der Waals surface area contributed by atoms with Crippen LogP contribution >= 0.6 is 15.9 Å². The van der Waals surface area contributed by atoms with Crippen molar-refractivity contribution in [1.29, 1.82) is 0 Å². The molecule has 0 aromatic heterocycles. The van der Waals surface area contributed by atoms with Crippen molar-refractivity contribution in [3.8, 4) is 0 Å². The van der Waals surface area contributed by atoms with Gasteiger partial charge in [-0.3, -0.25) is 0 Å². The van der Waals surface area contributed by atoms with Crippen molar-refractivity contribution in [2.75, 3.05) is 18.5 Å². The number of benzene rings is 1. The number of hydrogen-bond acceptors (Lipinski definition) is 3. The molecule has 0 saturated carbocycles. The van der Waals surface area contributed by atoms with Gasteiger partial charge in [-0.25, -0.2) is 0 Å². The lowest BCUT2D eigenvalue weighted by atomic mass is 10.1. The average Bonchev–Trinajstić information content (AvgIpc) is 2.15. The minimum atomic E-state index is -0.465. The molecular weight excluding hydrogens is 270 g/mol. The largest absolute Gasteiger partial charge is 0.392 e. The van der Waals surface area contributed by atoms with E-state index >= 15 is 0 Å². The molecule has 90 valence electrons. The van der Waals surface area contributed by atoms with Gasteiger partial charge in [-0.05, 0) is 47.5 Å². The average molecular weight is 288 g/mol. The smallest absolute Gasteiger partial charge is 0.0762 e. The van der Waals surface area contributed by atoms with E-state index in [9.17, 15) is 10.2 Å². The van der Waals surface area contributed by atoms with E-state index in [1.54, 1.807) is 13.8 Å². The van der Waals surface area contributed by atoms with Crippen LogP contribution in [0.5, 0.6) is 0 Å². The molecule has 0 radical (unpaired) electrons. The molecule has 0 aliphatic carbocycles. The highest BCUT2D eigenvalue weighted by Crippen LogP contribution is 2.28. The summed E-state index contributed by atoms with van der Waals surface area (Å²) in [7, 11) is 1.93. The predicted molar refractivity (Wildman–Crippen MR) is 69.7 cm³/mol. The van der Waals surface area contributed by atoms with Crippen LogP contribution in [-0.4, -0.2) is 29.9 Å². The van der Waals surface area contributed by atoms with Gasteiger partial charge in [-0.1, -0.05) is 6.07 Å². The molecule has 16 heavy (non-hydrogen) atoms. The number of rotatable bonds is 4. The van der Waals surface area contributed by atoms with Gasteiger partial charge in [0.05, 0.1) is 17.9 Å². The zero-order chi connectivity index (χ0) is 12.3. The van der Waals surface area contributed by atoms with E-state index in [1.165, 1.54) is 0 Å². The molecule has 4 heteroatoms. The molecule has 0 aliphatic rings. The predicted octanol–water partition coefficient (Wildman–Crippen LogP) is 2.32. The maximum absolute atomic E-state index is 9.45. The Morgan fingerprint density at radius 2 is 1.94 bits per heavy atom. The first-order chi connectivity index (χ1) is 7.41. The van der Waals surface area contributed by atoms with Crippen molar-refractivity contribution in [3.05, 3.63) is 28.2 Å². The zero-order valence-corrected chi connectivity index (χ0v) is 11.4. The van der Waals surface area contributed by atoms with Crippen LogP contribution in [-0.2, 0) is 0 Å². The summed E-state index contributed by atoms with van der Waals surface area (Å²) < 4.78 is 0.925. The van der Waals surface area contributed by atoms with Crippen LogP contribution in [0, 0.1) is 0 Å². The molecule has 2 atom stereocenters. The number of hydrogen-bond donors (Lipinski definition) is 2. The fourth-order valence-corrected chi connectivity index (χ4v) is 2.29. The summed E-state index contributed by atoms with van der Waals surface area (Å²) in [6.45, 7) is 4.07. The van der Waals surface area contributed by atoms with Gasteiger partial charge in [0.2, 0.25) is 0 Å². The summed E-state index contributed by atoms with van der Waals surface area (Å²) in [4.78, 5) is 1.97. The van der Waals surface area contributed by atoms with Crippen LogP contribution in [0.4, 0.5) is 5.69 Å². The minimum Gasteiger partial charge on any atom is -0.392 e. The second kappa shape index (κ2) is 5.66. The molecule has 0 bridgehead atoms. The fourth-order valence-electron chi connectivity index (χ4n) is 1.59. The third-order valence-electron chi connectivity index (χ3n) is 2.40. The number of likely N-dealkylation sites (N-methyl/N-ethyl adjacent to an activating group) is 1. The quantitative estimate of drug-likeness (QED) is 0.893. The van der Waals surface area contributed by atoms with Crippen molar-refractivity contribution >= 4 is 21.6 Å². The molecule has 0 saturated heterocycles. The highest BCUT2D eigenvalue weighted by Gasteiger charge is 2.10. The van der Waals surface area contributed by atoms with Crippen molar-refractivity contribution in [2.45, 2.75) is 26.1 Å². The van der Waals surface area contributed by atoms with E-state index < -0.39 is 6.10 Å². The zero-order valence-electron chi connectivity index (χ0n) is 9.81. The number of aliphatic hydroxyl groups excluding tert-OH is 2. The summed E-state index contributed by atoms with van der Waals surface area (Å²) in [5.74, 6) is 0. The van der Waals surface area contributed by atoms with Crippen LogP contribution in [0.2, 0.25) is 0 Å².